The molecule has 0 bridgehead atoms. The van der Waals surface area contributed by atoms with Crippen molar-refractivity contribution in [2.45, 2.75) is 36.3 Å². The molecule has 266 valence electrons. The quantitative estimate of drug-likeness (QED) is 0.0463. The molecule has 2 unspecified atom stereocenters. The molecular formula is C35H31FN2O10S3. The molecule has 0 saturated carbocycles. The van der Waals surface area contributed by atoms with Crippen LogP contribution in [0.3, 0.4) is 0 Å². The summed E-state index contributed by atoms with van der Waals surface area (Å²) in [6, 6.07) is 29.4. The standard InChI is InChI=1S/C35H31FN2O10S3/c1-23-18-20-28(21-19-23)50(42,43)49-34-30(37-29(39)22-46-27-16-10-5-11-17-27)33(40)38(34)31(24(2)48-51(36,44)45)35(41)47-32(25-12-6-3-7-13-25)26-14-8-4-9-15-26/h3-21,30,32,34H,22H2,1-2H3,(H,37,39). The number of carbonyl (C=O) groups excluding carboxylic acids is 3. The van der Waals surface area contributed by atoms with Gasteiger partial charge in [-0.1, -0.05) is 100 Å². The number of β-lactam (4-membered cyclic amide) rings is 1. The highest BCUT2D eigenvalue weighted by atomic mass is 33.1. The van der Waals surface area contributed by atoms with Gasteiger partial charge in [-0.2, -0.15) is 8.42 Å². The first-order valence-corrected chi connectivity index (χ1v) is 19.4. The van der Waals surface area contributed by atoms with Gasteiger partial charge in [0, 0.05) is 10.8 Å². The predicted molar refractivity (Wildman–Crippen MR) is 185 cm³/mol. The van der Waals surface area contributed by atoms with E-state index in [2.05, 4.69) is 9.50 Å². The Morgan fingerprint density at radius 3 is 1.90 bits per heavy atom. The van der Waals surface area contributed by atoms with Crippen molar-refractivity contribution < 1.29 is 48.8 Å². The molecule has 4 aromatic rings. The van der Waals surface area contributed by atoms with E-state index in [9.17, 15) is 35.1 Å². The Kier molecular flexibility index (Phi) is 11.5. The maximum absolute atomic E-state index is 14.1. The SMILES string of the molecule is CC(OS(=O)(=O)F)=C(C(=O)OC(c1ccccc1)c1ccccc1)N1C(=O)C(NC(=O)COc2ccccc2)C1SS(=O)(=O)c1ccc(C)cc1. The Balaban J connectivity index is 1.53. The number of likely N-dealkylation sites (tertiary alicyclic amines) is 1. The van der Waals surface area contributed by atoms with Crippen LogP contribution in [0.25, 0.3) is 0 Å². The third-order valence-electron chi connectivity index (χ3n) is 7.43. The molecule has 1 aliphatic rings. The van der Waals surface area contributed by atoms with E-state index in [1.165, 1.54) is 12.1 Å². The fourth-order valence-electron chi connectivity index (χ4n) is 5.05. The van der Waals surface area contributed by atoms with E-state index in [1.54, 1.807) is 110 Å². The molecule has 1 N–H and O–H groups in total. The van der Waals surface area contributed by atoms with E-state index in [0.29, 0.717) is 21.8 Å². The Morgan fingerprint density at radius 1 is 0.843 bits per heavy atom. The number of aryl methyl sites for hydroxylation is 1. The van der Waals surface area contributed by atoms with Crippen LogP contribution in [0.1, 0.15) is 29.7 Å². The lowest BCUT2D eigenvalue weighted by molar-refractivity contribution is -0.155. The Bertz CT molecular complexity index is 2090. The van der Waals surface area contributed by atoms with E-state index >= 15 is 0 Å². The van der Waals surface area contributed by atoms with Crippen LogP contribution in [0.5, 0.6) is 5.75 Å². The summed E-state index contributed by atoms with van der Waals surface area (Å²) in [5.41, 5.74) is 0.835. The third kappa shape index (κ3) is 9.33. The van der Waals surface area contributed by atoms with Crippen molar-refractivity contribution in [1.29, 1.82) is 0 Å². The molecule has 0 spiro atoms. The van der Waals surface area contributed by atoms with E-state index in [-0.39, 0.29) is 15.7 Å². The summed E-state index contributed by atoms with van der Waals surface area (Å²) in [6.07, 6.45) is -1.12. The molecule has 12 nitrogen and oxygen atoms in total. The Morgan fingerprint density at radius 2 is 1.37 bits per heavy atom. The number of esters is 1. The molecule has 0 aliphatic carbocycles. The van der Waals surface area contributed by atoms with E-state index in [4.69, 9.17) is 9.47 Å². The number of allylic oxidation sites excluding steroid dienone is 1. The van der Waals surface area contributed by atoms with Crippen molar-refractivity contribution in [3.8, 4) is 5.75 Å². The zero-order chi connectivity index (χ0) is 36.8. The molecule has 16 heteroatoms. The molecule has 0 radical (unpaired) electrons. The van der Waals surface area contributed by atoms with Crippen LogP contribution in [0, 0.1) is 6.92 Å². The van der Waals surface area contributed by atoms with Crippen LogP contribution in [0.2, 0.25) is 0 Å². The largest absolute Gasteiger partial charge is 0.488 e. The summed E-state index contributed by atoms with van der Waals surface area (Å²) >= 11 is 0. The minimum atomic E-state index is -5.75. The number of nitrogens with one attached hydrogen (secondary N) is 1. The van der Waals surface area contributed by atoms with Gasteiger partial charge in [0.1, 0.15) is 17.2 Å². The molecule has 0 aromatic heterocycles. The van der Waals surface area contributed by atoms with Gasteiger partial charge in [0.2, 0.25) is 8.87 Å². The first kappa shape index (κ1) is 37.1. The highest BCUT2D eigenvalue weighted by Gasteiger charge is 2.55. The molecule has 2 amide bonds. The van der Waals surface area contributed by atoms with Gasteiger partial charge in [-0.3, -0.25) is 14.5 Å². The second kappa shape index (κ2) is 15.8. The lowest BCUT2D eigenvalue weighted by Crippen LogP contribution is -2.70. The second-order valence-electron chi connectivity index (χ2n) is 11.1. The number of amides is 2. The predicted octanol–water partition coefficient (Wildman–Crippen LogP) is 4.94. The number of ether oxygens (including phenoxy) is 2. The highest BCUT2D eigenvalue weighted by Crippen LogP contribution is 2.41. The van der Waals surface area contributed by atoms with E-state index in [0.717, 1.165) is 12.5 Å². The molecule has 1 saturated heterocycles. The topological polar surface area (TPSA) is 162 Å². The van der Waals surface area contributed by atoms with E-state index < -0.39 is 72.7 Å². The number of para-hydroxylation sites is 1. The molecular weight excluding hydrogens is 724 g/mol. The van der Waals surface area contributed by atoms with Gasteiger partial charge in [-0.05, 0) is 49.2 Å². The van der Waals surface area contributed by atoms with Gasteiger partial charge >= 0.3 is 16.5 Å². The number of benzene rings is 4. The third-order valence-corrected chi connectivity index (χ3v) is 11.6. The summed E-state index contributed by atoms with van der Waals surface area (Å²) in [5.74, 6) is -3.77. The zero-order valence-corrected chi connectivity index (χ0v) is 29.5. The molecule has 1 fully saturated rings. The summed E-state index contributed by atoms with van der Waals surface area (Å²) < 4.78 is 80.2. The highest BCUT2D eigenvalue weighted by molar-refractivity contribution is 8.72. The fourth-order valence-corrected chi connectivity index (χ4v) is 8.90. The Hall–Kier alpha value is -5.19. The normalized spacial score (nSPS) is 16.5. The average molecular weight is 755 g/mol. The summed E-state index contributed by atoms with van der Waals surface area (Å²) in [5, 5.41) is 0.827. The number of carbonyl (C=O) groups is 3. The van der Waals surface area contributed by atoms with Gasteiger partial charge in [-0.15, -0.1) is 0 Å². The van der Waals surface area contributed by atoms with Gasteiger partial charge in [0.05, 0.1) is 4.90 Å². The van der Waals surface area contributed by atoms with Crippen molar-refractivity contribution in [2.75, 3.05) is 6.61 Å². The molecule has 1 heterocycles. The molecule has 5 rings (SSSR count). The number of halogens is 1. The monoisotopic (exact) mass is 754 g/mol. The molecule has 1 aliphatic heterocycles. The first-order chi connectivity index (χ1) is 24.2. The minimum absolute atomic E-state index is 0.157. The number of nitrogens with zero attached hydrogens (tertiary/aromatic N) is 1. The lowest BCUT2D eigenvalue weighted by Gasteiger charge is -2.46. The first-order valence-electron chi connectivity index (χ1n) is 15.2. The van der Waals surface area contributed by atoms with Crippen molar-refractivity contribution in [3.63, 3.8) is 0 Å². The van der Waals surface area contributed by atoms with Crippen LogP contribution in [0.15, 0.2) is 132 Å². The van der Waals surface area contributed by atoms with Crippen LogP contribution >= 0.6 is 10.8 Å². The van der Waals surface area contributed by atoms with Crippen LogP contribution in [0.4, 0.5) is 3.89 Å². The van der Waals surface area contributed by atoms with Crippen LogP contribution in [-0.4, -0.2) is 57.5 Å². The second-order valence-corrected chi connectivity index (χ2v) is 16.0. The summed E-state index contributed by atoms with van der Waals surface area (Å²) in [6.45, 7) is 2.09. The molecule has 2 atom stereocenters. The average Bonchev–Trinajstić information content (AvgIpc) is 3.10. The van der Waals surface area contributed by atoms with Crippen molar-refractivity contribution in [3.05, 3.63) is 143 Å². The summed E-state index contributed by atoms with van der Waals surface area (Å²) in [7, 11) is -9.87. The van der Waals surface area contributed by atoms with Gasteiger partial charge < -0.3 is 19.0 Å². The minimum Gasteiger partial charge on any atom is -0.484 e. The maximum Gasteiger partial charge on any atom is 0.488 e. The lowest BCUT2D eigenvalue weighted by atomic mass is 10.0. The zero-order valence-electron chi connectivity index (χ0n) is 27.0. The van der Waals surface area contributed by atoms with Crippen LogP contribution in [-0.2, 0) is 42.7 Å². The van der Waals surface area contributed by atoms with Crippen molar-refractivity contribution in [1.82, 2.24) is 10.2 Å². The molecule has 4 aromatic carbocycles. The van der Waals surface area contributed by atoms with Crippen LogP contribution < -0.4 is 10.1 Å². The maximum atomic E-state index is 14.1. The smallest absolute Gasteiger partial charge is 0.484 e. The summed E-state index contributed by atoms with van der Waals surface area (Å²) in [4.78, 5) is 41.3. The number of rotatable bonds is 14. The van der Waals surface area contributed by atoms with Crippen molar-refractivity contribution in [2.24, 2.45) is 0 Å². The number of hydrogen-bond acceptors (Lipinski definition) is 11. The Labute approximate surface area is 298 Å². The van der Waals surface area contributed by atoms with Gasteiger partial charge in [0.15, 0.2) is 24.2 Å². The van der Waals surface area contributed by atoms with Gasteiger partial charge in [-0.25, -0.2) is 13.2 Å². The van der Waals surface area contributed by atoms with Gasteiger partial charge in [0.25, 0.3) is 11.8 Å². The fraction of sp³-hybridized carbons (Fsp3) is 0.171. The van der Waals surface area contributed by atoms with E-state index in [1.807, 2.05) is 0 Å². The molecule has 51 heavy (non-hydrogen) atoms. The number of hydrogen-bond donors (Lipinski definition) is 1. The van der Waals surface area contributed by atoms with Crippen molar-refractivity contribution >= 4 is 48.0 Å².